The first-order chi connectivity index (χ1) is 4.93. The van der Waals surface area contributed by atoms with Crippen molar-refractivity contribution in [1.29, 1.82) is 0 Å². The molecule has 0 N–H and O–H groups in total. The molecule has 0 radical (unpaired) electrons. The summed E-state index contributed by atoms with van der Waals surface area (Å²) in [6.45, 7) is 0. The maximum absolute atomic E-state index is 4.41. The van der Waals surface area contributed by atoms with Crippen LogP contribution in [0, 0.1) is 0 Å². The maximum atomic E-state index is 4.41. The molecule has 0 saturated carbocycles. The molecule has 90 valence electrons. The first kappa shape index (κ1) is 29.2. The van der Waals surface area contributed by atoms with E-state index in [1.807, 2.05) is 30.3 Å². The Labute approximate surface area is 93.0 Å². The third kappa shape index (κ3) is 13.0. The number of thiocarbonyl (C=S) groups is 1. The molecule has 0 aromatic heterocycles. The van der Waals surface area contributed by atoms with E-state index in [4.69, 9.17) is 0 Å². The van der Waals surface area contributed by atoms with Crippen LogP contribution in [-0.2, 0) is 0 Å². The first-order valence-corrected chi connectivity index (χ1v) is 3.91. The predicted molar refractivity (Wildman–Crippen MR) is 59.8 cm³/mol. The van der Waals surface area contributed by atoms with Gasteiger partial charge >= 0.3 is 0 Å². The van der Waals surface area contributed by atoms with Crippen LogP contribution >= 0.6 is 24.2 Å². The van der Waals surface area contributed by atoms with Gasteiger partial charge in [0.25, 0.3) is 0 Å². The molecule has 0 bridgehead atoms. The van der Waals surface area contributed by atoms with Gasteiger partial charge in [0.2, 0.25) is 0 Å². The lowest BCUT2D eigenvalue weighted by Gasteiger charge is -1.88. The Morgan fingerprint density at radius 3 is 1.80 bits per heavy atom. The van der Waals surface area contributed by atoms with E-state index < -0.39 is 0 Å². The highest BCUT2D eigenvalue weighted by atomic mass is 32.2. The van der Waals surface area contributed by atoms with E-state index in [-0.39, 0.29) is 23.5 Å². The molecule has 0 aliphatic rings. The Balaban J connectivity index is -0.0000000667. The quantitative estimate of drug-likeness (QED) is 0.351. The lowest BCUT2D eigenvalue weighted by atomic mass is 10.4. The number of hydrogen-bond donors (Lipinski definition) is 0. The third-order valence-electron chi connectivity index (χ3n) is 0.932. The fourth-order valence-corrected chi connectivity index (χ4v) is 1.09. The molecule has 1 aromatic carbocycles. The third-order valence-corrected chi connectivity index (χ3v) is 1.80. The minimum atomic E-state index is 0. The van der Waals surface area contributed by atoms with Crippen LogP contribution in [0.4, 0.5) is 23.5 Å². The summed E-state index contributed by atoms with van der Waals surface area (Å²) >= 11 is 5.74. The Kier molecular flexibility index (Phi) is 36.5. The van der Waals surface area contributed by atoms with Gasteiger partial charge in [0.15, 0.2) is 0 Å². The predicted octanol–water partition coefficient (Wildman–Crippen LogP) is 3.56. The zero-order valence-corrected chi connectivity index (χ0v) is 8.82. The monoisotopic (exact) mass is 267 g/mol. The number of nitrogens with zero attached hydrogens (tertiary/aromatic N) is 1. The second kappa shape index (κ2) is 18.7. The van der Waals surface area contributed by atoms with E-state index in [9.17, 15) is 0 Å². The molecule has 1 rings (SSSR count). The molecule has 0 fully saturated rings. The van der Waals surface area contributed by atoms with Gasteiger partial charge in [-0.1, -0.05) is 18.2 Å². The number of hydrogen-bond acceptors (Lipinski definition) is 3. The van der Waals surface area contributed by atoms with Crippen molar-refractivity contribution in [3.63, 3.8) is 0 Å². The van der Waals surface area contributed by atoms with E-state index in [0.717, 1.165) is 4.90 Å². The van der Waals surface area contributed by atoms with E-state index in [2.05, 4.69) is 21.8 Å². The number of benzene rings is 1. The van der Waals surface area contributed by atoms with Crippen molar-refractivity contribution in [2.45, 2.75) is 4.90 Å². The Bertz CT molecular complexity index is 253. The van der Waals surface area contributed by atoms with E-state index in [1.54, 1.807) is 0 Å². The largest absolute Gasteiger partial charge is 0.269 e. The fraction of sp³-hybridized carbons (Fsp3) is 0. The minimum absolute atomic E-state index is 0. The van der Waals surface area contributed by atoms with Gasteiger partial charge in [-0.2, -0.15) is 4.40 Å². The van der Waals surface area contributed by atoms with Crippen molar-refractivity contribution >= 4 is 29.3 Å². The SMILES string of the molecule is F.F.F.F.F.S=C=NSc1ccccc1. The van der Waals surface area contributed by atoms with Crippen LogP contribution < -0.4 is 0 Å². The highest BCUT2D eigenvalue weighted by molar-refractivity contribution is 7.98. The Morgan fingerprint density at radius 2 is 1.40 bits per heavy atom. The van der Waals surface area contributed by atoms with Crippen LogP contribution in [0.15, 0.2) is 39.6 Å². The molecule has 0 heterocycles. The summed E-state index contributed by atoms with van der Waals surface area (Å²) in [6, 6.07) is 9.83. The van der Waals surface area contributed by atoms with Gasteiger partial charge in [0.05, 0.1) is 5.16 Å². The van der Waals surface area contributed by atoms with Crippen molar-refractivity contribution in [2.75, 3.05) is 0 Å². The molecule has 0 saturated heterocycles. The van der Waals surface area contributed by atoms with Gasteiger partial charge in [-0.25, -0.2) is 0 Å². The van der Waals surface area contributed by atoms with Crippen molar-refractivity contribution in [3.8, 4) is 0 Å². The Hall–Kier alpha value is -0.980. The topological polar surface area (TPSA) is 12.4 Å². The van der Waals surface area contributed by atoms with Crippen LogP contribution in [0.1, 0.15) is 0 Å². The summed E-state index contributed by atoms with van der Waals surface area (Å²) in [4.78, 5) is 1.08. The minimum Gasteiger partial charge on any atom is -0.269 e. The van der Waals surface area contributed by atoms with Crippen LogP contribution in [0.2, 0.25) is 0 Å². The molecule has 0 aliphatic carbocycles. The van der Waals surface area contributed by atoms with Crippen molar-refractivity contribution in [1.82, 2.24) is 0 Å². The zero-order chi connectivity index (χ0) is 7.23. The highest BCUT2D eigenvalue weighted by Gasteiger charge is 1.85. The molecule has 8 heteroatoms. The summed E-state index contributed by atoms with van der Waals surface area (Å²) in [5.74, 6) is 0. The molecule has 15 heavy (non-hydrogen) atoms. The lowest BCUT2D eigenvalue weighted by molar-refractivity contribution is 1.11. The summed E-state index contributed by atoms with van der Waals surface area (Å²) in [7, 11) is 0. The molecular weight excluding hydrogens is 257 g/mol. The molecule has 1 nitrogen and oxygen atoms in total. The van der Waals surface area contributed by atoms with E-state index in [0.29, 0.717) is 0 Å². The normalized spacial score (nSPS) is 5.60. The molecule has 0 unspecified atom stereocenters. The summed E-state index contributed by atoms with van der Waals surface area (Å²) in [5.41, 5.74) is 0. The van der Waals surface area contributed by atoms with Crippen molar-refractivity contribution in [2.24, 2.45) is 4.40 Å². The van der Waals surface area contributed by atoms with Gasteiger partial charge < -0.3 is 0 Å². The molecular formula is C7H10F5NS2. The van der Waals surface area contributed by atoms with Crippen molar-refractivity contribution < 1.29 is 23.5 Å². The average molecular weight is 267 g/mol. The first-order valence-electron chi connectivity index (χ1n) is 2.73. The van der Waals surface area contributed by atoms with E-state index in [1.165, 1.54) is 11.9 Å². The fourth-order valence-electron chi connectivity index (χ4n) is 0.553. The van der Waals surface area contributed by atoms with Gasteiger partial charge in [-0.3, -0.25) is 23.5 Å². The highest BCUT2D eigenvalue weighted by Crippen LogP contribution is 2.16. The number of rotatable bonds is 2. The Morgan fingerprint density at radius 1 is 0.933 bits per heavy atom. The molecule has 1 aromatic rings. The van der Waals surface area contributed by atoms with Gasteiger partial charge in [-0.05, 0) is 24.4 Å². The standard InChI is InChI=1S/C7H5NS2.5FH/c9-6-8-10-7-4-2-1-3-5-7;;;;;/h1-5H;5*1H. The van der Waals surface area contributed by atoms with Crippen LogP contribution in [0.25, 0.3) is 0 Å². The van der Waals surface area contributed by atoms with E-state index >= 15 is 0 Å². The van der Waals surface area contributed by atoms with Gasteiger partial charge in [0, 0.05) is 16.8 Å². The smallest absolute Gasteiger partial charge is 0.0722 e. The molecule has 0 aliphatic heterocycles. The zero-order valence-electron chi connectivity index (χ0n) is 7.19. The lowest BCUT2D eigenvalue weighted by Crippen LogP contribution is -1.63. The number of isothiocyanates is 1. The second-order valence-corrected chi connectivity index (χ2v) is 2.61. The van der Waals surface area contributed by atoms with Crippen LogP contribution in [0.3, 0.4) is 0 Å². The summed E-state index contributed by atoms with van der Waals surface area (Å²) in [5, 5.41) is 2.29. The van der Waals surface area contributed by atoms with Gasteiger partial charge in [-0.15, -0.1) is 0 Å². The van der Waals surface area contributed by atoms with Gasteiger partial charge in [0.1, 0.15) is 0 Å². The van der Waals surface area contributed by atoms with Crippen LogP contribution in [0.5, 0.6) is 0 Å². The number of halogens is 5. The maximum Gasteiger partial charge on any atom is 0.0722 e. The van der Waals surface area contributed by atoms with Crippen molar-refractivity contribution in [3.05, 3.63) is 30.3 Å². The second-order valence-electron chi connectivity index (χ2n) is 1.59. The summed E-state index contributed by atoms with van der Waals surface area (Å²) in [6.07, 6.45) is 0. The molecule has 0 atom stereocenters. The summed E-state index contributed by atoms with van der Waals surface area (Å²) < 4.78 is 3.72. The van der Waals surface area contributed by atoms with Crippen LogP contribution in [-0.4, -0.2) is 5.16 Å². The molecule has 0 amide bonds. The average Bonchev–Trinajstić information content (AvgIpc) is 2.03. The molecule has 0 spiro atoms.